The molecule has 20 heavy (non-hydrogen) atoms. The molecule has 5 nitrogen and oxygen atoms in total. The van der Waals surface area contributed by atoms with Crippen LogP contribution in [-0.4, -0.2) is 46.7 Å². The van der Waals surface area contributed by atoms with Gasteiger partial charge in [0.1, 0.15) is 0 Å². The van der Waals surface area contributed by atoms with Crippen molar-refractivity contribution in [1.82, 2.24) is 20.4 Å². The largest absolute Gasteiger partial charge is 0.341 e. The maximum atomic E-state index is 12.7. The van der Waals surface area contributed by atoms with Crippen LogP contribution in [0.4, 0.5) is 0 Å². The standard InChI is InChI=1S/C15H24N4O/c1-11-4-2-7-16-14(11)15(20)19-9-3-5-12(10-19)13-6-8-17-18-13/h6,8,11-12,14,16H,2-5,7,9-10H2,1H3,(H,17,18). The number of hydrogen-bond acceptors (Lipinski definition) is 3. The second kappa shape index (κ2) is 5.95. The Balaban J connectivity index is 1.65. The molecule has 0 aliphatic carbocycles. The number of hydrogen-bond donors (Lipinski definition) is 2. The van der Waals surface area contributed by atoms with Crippen molar-refractivity contribution >= 4 is 5.91 Å². The van der Waals surface area contributed by atoms with E-state index in [1.807, 2.05) is 6.07 Å². The molecule has 0 saturated carbocycles. The molecule has 2 N–H and O–H groups in total. The van der Waals surface area contributed by atoms with Crippen LogP contribution in [0.25, 0.3) is 0 Å². The van der Waals surface area contributed by atoms with Gasteiger partial charge in [0.2, 0.25) is 5.91 Å². The van der Waals surface area contributed by atoms with Crippen LogP contribution < -0.4 is 5.32 Å². The zero-order chi connectivity index (χ0) is 13.9. The van der Waals surface area contributed by atoms with Crippen LogP contribution >= 0.6 is 0 Å². The number of carbonyl (C=O) groups is 1. The van der Waals surface area contributed by atoms with Gasteiger partial charge in [0.05, 0.1) is 6.04 Å². The van der Waals surface area contributed by atoms with Gasteiger partial charge in [-0.3, -0.25) is 9.89 Å². The third-order valence-electron chi connectivity index (χ3n) is 4.73. The minimum atomic E-state index is 0.0178. The highest BCUT2D eigenvalue weighted by molar-refractivity contribution is 5.82. The average Bonchev–Trinajstić information content (AvgIpc) is 3.01. The van der Waals surface area contributed by atoms with E-state index in [2.05, 4.69) is 27.3 Å². The van der Waals surface area contributed by atoms with Gasteiger partial charge < -0.3 is 10.2 Å². The van der Waals surface area contributed by atoms with Crippen molar-refractivity contribution < 1.29 is 4.79 Å². The fraction of sp³-hybridized carbons (Fsp3) is 0.733. The van der Waals surface area contributed by atoms with E-state index in [1.54, 1.807) is 6.20 Å². The van der Waals surface area contributed by atoms with E-state index in [0.717, 1.165) is 44.6 Å². The minimum Gasteiger partial charge on any atom is -0.341 e. The van der Waals surface area contributed by atoms with Crippen molar-refractivity contribution in [2.45, 2.75) is 44.6 Å². The number of aromatic nitrogens is 2. The fourth-order valence-electron chi connectivity index (χ4n) is 3.50. The molecular weight excluding hydrogens is 252 g/mol. The molecule has 3 heterocycles. The van der Waals surface area contributed by atoms with Crippen LogP contribution in [0.1, 0.15) is 44.2 Å². The van der Waals surface area contributed by atoms with Crippen LogP contribution in [-0.2, 0) is 4.79 Å². The first kappa shape index (κ1) is 13.6. The third-order valence-corrected chi connectivity index (χ3v) is 4.73. The van der Waals surface area contributed by atoms with Crippen LogP contribution in [0.15, 0.2) is 12.3 Å². The van der Waals surface area contributed by atoms with E-state index < -0.39 is 0 Å². The van der Waals surface area contributed by atoms with Gasteiger partial charge in [0.15, 0.2) is 0 Å². The van der Waals surface area contributed by atoms with E-state index >= 15 is 0 Å². The highest BCUT2D eigenvalue weighted by atomic mass is 16.2. The molecule has 0 aromatic carbocycles. The first-order valence-electron chi connectivity index (χ1n) is 7.77. The Kier molecular flexibility index (Phi) is 4.05. The average molecular weight is 276 g/mol. The highest BCUT2D eigenvalue weighted by Crippen LogP contribution is 2.27. The second-order valence-electron chi connectivity index (χ2n) is 6.19. The summed E-state index contributed by atoms with van der Waals surface area (Å²) in [6.07, 6.45) is 6.35. The summed E-state index contributed by atoms with van der Waals surface area (Å²) in [6, 6.07) is 2.05. The number of amides is 1. The molecule has 2 aliphatic heterocycles. The molecule has 2 fully saturated rings. The van der Waals surface area contributed by atoms with Gasteiger partial charge in [-0.2, -0.15) is 5.10 Å². The normalized spacial score (nSPS) is 31.2. The Morgan fingerprint density at radius 3 is 3.05 bits per heavy atom. The summed E-state index contributed by atoms with van der Waals surface area (Å²) in [5.74, 6) is 1.15. The Hall–Kier alpha value is -1.36. The van der Waals surface area contributed by atoms with Crippen molar-refractivity contribution in [3.63, 3.8) is 0 Å². The Labute approximate surface area is 120 Å². The maximum absolute atomic E-state index is 12.7. The van der Waals surface area contributed by atoms with Gasteiger partial charge in [-0.15, -0.1) is 0 Å². The lowest BCUT2D eigenvalue weighted by Crippen LogP contribution is -2.54. The molecular formula is C15H24N4O. The molecule has 3 rings (SSSR count). The number of H-pyrrole nitrogens is 1. The van der Waals surface area contributed by atoms with Crippen LogP contribution in [0.2, 0.25) is 0 Å². The third kappa shape index (κ3) is 2.73. The van der Waals surface area contributed by atoms with E-state index in [9.17, 15) is 4.79 Å². The highest BCUT2D eigenvalue weighted by Gasteiger charge is 2.33. The Morgan fingerprint density at radius 1 is 1.40 bits per heavy atom. The maximum Gasteiger partial charge on any atom is 0.240 e. The summed E-state index contributed by atoms with van der Waals surface area (Å²) in [6.45, 7) is 4.88. The van der Waals surface area contributed by atoms with Crippen molar-refractivity contribution in [1.29, 1.82) is 0 Å². The van der Waals surface area contributed by atoms with Crippen LogP contribution in [0.3, 0.4) is 0 Å². The zero-order valence-corrected chi connectivity index (χ0v) is 12.1. The number of likely N-dealkylation sites (tertiary alicyclic amines) is 1. The van der Waals surface area contributed by atoms with Crippen molar-refractivity contribution in [2.24, 2.45) is 5.92 Å². The Morgan fingerprint density at radius 2 is 2.30 bits per heavy atom. The Bertz CT molecular complexity index is 445. The number of carbonyl (C=O) groups excluding carboxylic acids is 1. The lowest BCUT2D eigenvalue weighted by Gasteiger charge is -2.37. The predicted molar refractivity (Wildman–Crippen MR) is 77.3 cm³/mol. The van der Waals surface area contributed by atoms with Gasteiger partial charge in [0.25, 0.3) is 0 Å². The van der Waals surface area contributed by atoms with E-state index in [1.165, 1.54) is 6.42 Å². The molecule has 2 aliphatic rings. The monoisotopic (exact) mass is 276 g/mol. The molecule has 1 amide bonds. The number of rotatable bonds is 2. The van der Waals surface area contributed by atoms with Crippen LogP contribution in [0.5, 0.6) is 0 Å². The first-order chi connectivity index (χ1) is 9.75. The lowest BCUT2D eigenvalue weighted by atomic mass is 9.89. The van der Waals surface area contributed by atoms with Crippen molar-refractivity contribution in [3.05, 3.63) is 18.0 Å². The van der Waals surface area contributed by atoms with Gasteiger partial charge in [-0.1, -0.05) is 6.92 Å². The zero-order valence-electron chi connectivity index (χ0n) is 12.1. The minimum absolute atomic E-state index is 0.0178. The molecule has 1 aromatic heterocycles. The number of nitrogens with zero attached hydrogens (tertiary/aromatic N) is 2. The summed E-state index contributed by atoms with van der Waals surface area (Å²) in [5.41, 5.74) is 1.16. The van der Waals surface area contributed by atoms with E-state index in [4.69, 9.17) is 0 Å². The van der Waals surface area contributed by atoms with Gasteiger partial charge in [-0.05, 0) is 44.2 Å². The van der Waals surface area contributed by atoms with Crippen molar-refractivity contribution in [2.75, 3.05) is 19.6 Å². The first-order valence-corrected chi connectivity index (χ1v) is 7.77. The fourth-order valence-corrected chi connectivity index (χ4v) is 3.50. The molecule has 0 bridgehead atoms. The predicted octanol–water partition coefficient (Wildman–Crippen LogP) is 1.50. The molecule has 2 saturated heterocycles. The lowest BCUT2D eigenvalue weighted by molar-refractivity contribution is -0.136. The van der Waals surface area contributed by atoms with E-state index in [0.29, 0.717) is 17.7 Å². The molecule has 110 valence electrons. The quantitative estimate of drug-likeness (QED) is 0.860. The number of piperidine rings is 2. The SMILES string of the molecule is CC1CCCNC1C(=O)N1CCCC(c2ccn[nH]2)C1. The molecule has 3 atom stereocenters. The number of aromatic amines is 1. The second-order valence-corrected chi connectivity index (χ2v) is 6.19. The topological polar surface area (TPSA) is 61.0 Å². The summed E-state index contributed by atoms with van der Waals surface area (Å²) in [5, 5.41) is 10.5. The molecule has 1 aromatic rings. The summed E-state index contributed by atoms with van der Waals surface area (Å²) < 4.78 is 0. The molecule has 5 heteroatoms. The summed E-state index contributed by atoms with van der Waals surface area (Å²) >= 11 is 0. The van der Waals surface area contributed by atoms with E-state index in [-0.39, 0.29) is 6.04 Å². The van der Waals surface area contributed by atoms with Gasteiger partial charge in [-0.25, -0.2) is 0 Å². The summed E-state index contributed by atoms with van der Waals surface area (Å²) in [4.78, 5) is 14.8. The smallest absolute Gasteiger partial charge is 0.240 e. The van der Waals surface area contributed by atoms with Crippen LogP contribution in [0, 0.1) is 5.92 Å². The van der Waals surface area contributed by atoms with Gasteiger partial charge >= 0.3 is 0 Å². The molecule has 0 radical (unpaired) electrons. The van der Waals surface area contributed by atoms with Crippen molar-refractivity contribution in [3.8, 4) is 0 Å². The molecule has 3 unspecified atom stereocenters. The van der Waals surface area contributed by atoms with Gasteiger partial charge in [0, 0.05) is 30.9 Å². The summed E-state index contributed by atoms with van der Waals surface area (Å²) in [7, 11) is 0. The number of nitrogens with one attached hydrogen (secondary N) is 2. The molecule has 0 spiro atoms.